The molecule has 2 aliphatic rings. The van der Waals surface area contributed by atoms with Gasteiger partial charge in [0.2, 0.25) is 0 Å². The number of aliphatic hydroxyl groups excluding tert-OH is 2. The molecule has 1 aromatic rings. The molecular weight excluding hydrogens is 358 g/mol. The van der Waals surface area contributed by atoms with E-state index in [9.17, 15) is 15.0 Å². The number of halogens is 1. The van der Waals surface area contributed by atoms with Crippen LogP contribution in [0.1, 0.15) is 43.8 Å². The minimum Gasteiger partial charge on any atom is -0.481 e. The largest absolute Gasteiger partial charge is 0.481 e. The summed E-state index contributed by atoms with van der Waals surface area (Å²) >= 11 is 5.86. The van der Waals surface area contributed by atoms with Crippen LogP contribution in [-0.2, 0) is 9.63 Å². The third-order valence-corrected chi connectivity index (χ3v) is 5.77. The number of nitrogens with zero attached hydrogens (tertiary/aromatic N) is 1. The maximum Gasteiger partial charge on any atom is 0.306 e. The number of hydrogen-bond acceptors (Lipinski definition) is 5. The zero-order chi connectivity index (χ0) is 18.7. The van der Waals surface area contributed by atoms with Crippen LogP contribution in [0.25, 0.3) is 0 Å². The first-order valence-electron chi connectivity index (χ1n) is 8.98. The second-order valence-electron chi connectivity index (χ2n) is 7.17. The summed E-state index contributed by atoms with van der Waals surface area (Å²) in [6.45, 7) is 0.0650. The molecule has 0 amide bonds. The first-order chi connectivity index (χ1) is 12.5. The van der Waals surface area contributed by atoms with Crippen molar-refractivity contribution < 1.29 is 25.0 Å². The Labute approximate surface area is 157 Å². The van der Waals surface area contributed by atoms with Crippen LogP contribution in [0, 0.1) is 17.8 Å². The van der Waals surface area contributed by atoms with E-state index in [0.29, 0.717) is 17.9 Å². The van der Waals surface area contributed by atoms with Crippen molar-refractivity contribution in [3.63, 3.8) is 0 Å². The molecule has 3 N–H and O–H groups in total. The standard InChI is InChI=1S/C19H24ClNO5/c20-13-4-1-11(2-5-13)17(22)6-3-12-9-14-15(19(12)25)10-16(14)21-26-8-7-18(23)24/h1-2,4-5,12,14-15,17,19,22,25H,3,6-10H2,(H,23,24). The molecule has 3 rings (SSSR count). The van der Waals surface area contributed by atoms with Crippen LogP contribution in [-0.4, -0.2) is 39.7 Å². The summed E-state index contributed by atoms with van der Waals surface area (Å²) in [6, 6.07) is 7.16. The first-order valence-corrected chi connectivity index (χ1v) is 9.35. The number of carboxylic acid groups (broad SMARTS) is 1. The molecule has 2 saturated carbocycles. The second-order valence-corrected chi connectivity index (χ2v) is 7.60. The van der Waals surface area contributed by atoms with Gasteiger partial charge in [-0.2, -0.15) is 0 Å². The lowest BCUT2D eigenvalue weighted by atomic mass is 9.73. The topological polar surface area (TPSA) is 99.4 Å². The number of rotatable bonds is 8. The first kappa shape index (κ1) is 19.1. The highest BCUT2D eigenvalue weighted by molar-refractivity contribution is 6.30. The number of aliphatic carboxylic acids is 1. The Morgan fingerprint density at radius 3 is 2.77 bits per heavy atom. The highest BCUT2D eigenvalue weighted by atomic mass is 35.5. The van der Waals surface area contributed by atoms with E-state index < -0.39 is 12.1 Å². The fourth-order valence-corrected chi connectivity index (χ4v) is 4.11. The van der Waals surface area contributed by atoms with E-state index in [0.717, 1.165) is 24.1 Å². The van der Waals surface area contributed by atoms with Crippen LogP contribution in [0.5, 0.6) is 0 Å². The molecule has 0 radical (unpaired) electrons. The zero-order valence-corrected chi connectivity index (χ0v) is 15.2. The predicted octanol–water partition coefficient (Wildman–Crippen LogP) is 3.02. The van der Waals surface area contributed by atoms with Gasteiger partial charge in [0.1, 0.15) is 6.61 Å². The summed E-state index contributed by atoms with van der Waals surface area (Å²) in [5.41, 5.74) is 1.75. The van der Waals surface area contributed by atoms with Gasteiger partial charge >= 0.3 is 5.97 Å². The molecule has 7 heteroatoms. The SMILES string of the molecule is O=C(O)CCON=C1CC2C1CC(CCC(O)c1ccc(Cl)cc1)C2O. The van der Waals surface area contributed by atoms with Crippen molar-refractivity contribution in [1.82, 2.24) is 0 Å². The van der Waals surface area contributed by atoms with Crippen molar-refractivity contribution in [2.75, 3.05) is 6.61 Å². The van der Waals surface area contributed by atoms with E-state index in [-0.39, 0.29) is 36.9 Å². The molecule has 5 unspecified atom stereocenters. The molecule has 6 nitrogen and oxygen atoms in total. The van der Waals surface area contributed by atoms with Gasteiger partial charge in [-0.25, -0.2) is 0 Å². The predicted molar refractivity (Wildman–Crippen MR) is 97.0 cm³/mol. The van der Waals surface area contributed by atoms with Crippen LogP contribution in [0.2, 0.25) is 5.02 Å². The number of carboxylic acids is 1. The quantitative estimate of drug-likeness (QED) is 0.475. The Morgan fingerprint density at radius 1 is 1.35 bits per heavy atom. The van der Waals surface area contributed by atoms with Crippen molar-refractivity contribution in [3.8, 4) is 0 Å². The molecule has 0 spiro atoms. The summed E-state index contributed by atoms with van der Waals surface area (Å²) in [6.07, 6.45) is 1.85. The molecule has 0 aliphatic heterocycles. The molecule has 142 valence electrons. The average molecular weight is 382 g/mol. The van der Waals surface area contributed by atoms with Gasteiger partial charge in [0.05, 0.1) is 24.3 Å². The van der Waals surface area contributed by atoms with Crippen molar-refractivity contribution in [3.05, 3.63) is 34.9 Å². The van der Waals surface area contributed by atoms with Crippen molar-refractivity contribution in [2.45, 2.75) is 44.3 Å². The maximum atomic E-state index is 10.5. The molecular formula is C19H24ClNO5. The Morgan fingerprint density at radius 2 is 2.08 bits per heavy atom. The van der Waals surface area contributed by atoms with Crippen LogP contribution in [0.3, 0.4) is 0 Å². The Hall–Kier alpha value is -1.63. The van der Waals surface area contributed by atoms with Gasteiger partial charge < -0.3 is 20.2 Å². The van der Waals surface area contributed by atoms with Crippen LogP contribution >= 0.6 is 11.6 Å². The Balaban J connectivity index is 1.46. The minimum atomic E-state index is -0.910. The van der Waals surface area contributed by atoms with Gasteiger partial charge in [-0.15, -0.1) is 0 Å². The molecule has 0 bridgehead atoms. The third kappa shape index (κ3) is 4.37. The summed E-state index contributed by atoms with van der Waals surface area (Å²) in [5, 5.41) is 34.1. The highest BCUT2D eigenvalue weighted by Gasteiger charge is 2.51. The van der Waals surface area contributed by atoms with Crippen molar-refractivity contribution in [1.29, 1.82) is 0 Å². The van der Waals surface area contributed by atoms with Gasteiger partial charge in [-0.05, 0) is 55.2 Å². The molecule has 2 aliphatic carbocycles. The lowest BCUT2D eigenvalue weighted by Crippen LogP contribution is -2.38. The van der Waals surface area contributed by atoms with Crippen molar-refractivity contribution >= 4 is 23.3 Å². The van der Waals surface area contributed by atoms with E-state index in [1.54, 1.807) is 12.1 Å². The van der Waals surface area contributed by atoms with Gasteiger partial charge in [0, 0.05) is 10.9 Å². The zero-order valence-electron chi connectivity index (χ0n) is 14.4. The van der Waals surface area contributed by atoms with Gasteiger partial charge in [-0.3, -0.25) is 4.79 Å². The molecule has 26 heavy (non-hydrogen) atoms. The number of hydrogen-bond donors (Lipinski definition) is 3. The molecule has 0 saturated heterocycles. The Kier molecular flexibility index (Phi) is 6.16. The number of benzene rings is 1. The van der Waals surface area contributed by atoms with Crippen molar-refractivity contribution in [2.24, 2.45) is 22.9 Å². The summed E-state index contributed by atoms with van der Waals surface area (Å²) in [4.78, 5) is 15.5. The molecule has 0 heterocycles. The van der Waals surface area contributed by atoms with Crippen LogP contribution in [0.4, 0.5) is 0 Å². The molecule has 0 aromatic heterocycles. The number of aliphatic hydroxyl groups is 2. The van der Waals surface area contributed by atoms with E-state index in [4.69, 9.17) is 21.5 Å². The van der Waals surface area contributed by atoms with E-state index in [1.807, 2.05) is 12.1 Å². The molecule has 2 fully saturated rings. The lowest BCUT2D eigenvalue weighted by molar-refractivity contribution is -0.138. The maximum absolute atomic E-state index is 10.5. The number of carbonyl (C=O) groups is 1. The van der Waals surface area contributed by atoms with E-state index in [1.165, 1.54) is 0 Å². The Bertz CT molecular complexity index is 662. The fraction of sp³-hybridized carbons (Fsp3) is 0.579. The molecule has 5 atom stereocenters. The highest BCUT2D eigenvalue weighted by Crippen LogP contribution is 2.49. The van der Waals surface area contributed by atoms with Gasteiger partial charge in [0.15, 0.2) is 0 Å². The second kappa shape index (κ2) is 8.37. The average Bonchev–Trinajstić information content (AvgIpc) is 2.83. The third-order valence-electron chi connectivity index (χ3n) is 5.52. The normalized spacial score (nSPS) is 29.9. The monoisotopic (exact) mass is 381 g/mol. The summed E-state index contributed by atoms with van der Waals surface area (Å²) in [5.74, 6) is -0.354. The summed E-state index contributed by atoms with van der Waals surface area (Å²) in [7, 11) is 0. The number of oxime groups is 1. The summed E-state index contributed by atoms with van der Waals surface area (Å²) < 4.78 is 0. The van der Waals surface area contributed by atoms with Crippen LogP contribution in [0.15, 0.2) is 29.4 Å². The fourth-order valence-electron chi connectivity index (χ4n) is 3.99. The van der Waals surface area contributed by atoms with Crippen LogP contribution < -0.4 is 0 Å². The lowest BCUT2D eigenvalue weighted by Gasteiger charge is -2.33. The van der Waals surface area contributed by atoms with Gasteiger partial charge in [-0.1, -0.05) is 28.9 Å². The van der Waals surface area contributed by atoms with Gasteiger partial charge in [0.25, 0.3) is 0 Å². The molecule has 1 aromatic carbocycles. The van der Waals surface area contributed by atoms with E-state index >= 15 is 0 Å². The minimum absolute atomic E-state index is 0.0650. The van der Waals surface area contributed by atoms with E-state index in [2.05, 4.69) is 5.16 Å². The number of fused-ring (bicyclic) bond motifs is 1. The smallest absolute Gasteiger partial charge is 0.306 e.